The third kappa shape index (κ3) is 10.3. The number of hydrogen-bond donors (Lipinski definition) is 3. The summed E-state index contributed by atoms with van der Waals surface area (Å²) in [5, 5.41) is 16.6. The number of amides is 2. The number of carbonyl (C=O) groups excluding carboxylic acids is 2. The van der Waals surface area contributed by atoms with Crippen LogP contribution in [0.1, 0.15) is 131 Å². The van der Waals surface area contributed by atoms with Gasteiger partial charge in [0, 0.05) is 37.6 Å². The lowest BCUT2D eigenvalue weighted by Gasteiger charge is -2.34. The Balaban J connectivity index is 1.55. The van der Waals surface area contributed by atoms with Crippen LogP contribution in [-0.2, 0) is 9.59 Å². The number of benzene rings is 3. The first-order chi connectivity index (χ1) is 25.6. The van der Waals surface area contributed by atoms with Crippen molar-refractivity contribution in [3.63, 3.8) is 0 Å². The van der Waals surface area contributed by atoms with E-state index in [1.165, 1.54) is 18.9 Å². The van der Waals surface area contributed by atoms with E-state index in [4.69, 9.17) is 4.74 Å². The van der Waals surface area contributed by atoms with E-state index in [0.717, 1.165) is 74.4 Å². The predicted octanol–water partition coefficient (Wildman–Crippen LogP) is 8.65. The van der Waals surface area contributed by atoms with Crippen molar-refractivity contribution in [2.75, 3.05) is 42.6 Å². The molecule has 3 aromatic rings. The summed E-state index contributed by atoms with van der Waals surface area (Å²) >= 11 is 0. The molecular weight excluding hydrogens is 665 g/mol. The van der Waals surface area contributed by atoms with Crippen LogP contribution in [0.3, 0.4) is 0 Å². The van der Waals surface area contributed by atoms with Gasteiger partial charge in [-0.3, -0.25) is 9.59 Å². The number of carboxylic acids is 1. The molecule has 0 aliphatic carbocycles. The smallest absolute Gasteiger partial charge is 0.339 e. The molecule has 3 aromatic carbocycles. The van der Waals surface area contributed by atoms with E-state index in [1.54, 1.807) is 19.1 Å². The maximum absolute atomic E-state index is 14.8. The van der Waals surface area contributed by atoms with Gasteiger partial charge < -0.3 is 30.3 Å². The van der Waals surface area contributed by atoms with Crippen LogP contribution in [0.15, 0.2) is 66.7 Å². The first-order valence-corrected chi connectivity index (χ1v) is 19.9. The molecule has 2 fully saturated rings. The van der Waals surface area contributed by atoms with Crippen molar-refractivity contribution in [2.24, 2.45) is 11.8 Å². The van der Waals surface area contributed by atoms with Gasteiger partial charge in [0.15, 0.2) is 0 Å². The lowest BCUT2D eigenvalue weighted by atomic mass is 9.90. The van der Waals surface area contributed by atoms with Gasteiger partial charge in [-0.05, 0) is 111 Å². The van der Waals surface area contributed by atoms with E-state index in [2.05, 4.69) is 72.4 Å². The number of anilines is 2. The van der Waals surface area contributed by atoms with Gasteiger partial charge in [-0.2, -0.15) is 0 Å². The molecule has 2 amide bonds. The highest BCUT2D eigenvalue weighted by atomic mass is 16.5. The molecule has 0 bridgehead atoms. The van der Waals surface area contributed by atoms with Crippen LogP contribution >= 0.6 is 0 Å². The molecule has 0 aromatic heterocycles. The molecule has 9 nitrogen and oxygen atoms in total. The Morgan fingerprint density at radius 3 is 1.55 bits per heavy atom. The third-order valence-corrected chi connectivity index (χ3v) is 10.5. The second-order valence-corrected chi connectivity index (χ2v) is 15.5. The van der Waals surface area contributed by atoms with Crippen molar-refractivity contribution >= 4 is 29.2 Å². The van der Waals surface area contributed by atoms with Gasteiger partial charge >= 0.3 is 5.97 Å². The van der Waals surface area contributed by atoms with E-state index in [1.807, 2.05) is 24.3 Å². The third-order valence-electron chi connectivity index (χ3n) is 10.5. The minimum atomic E-state index is -1.26. The van der Waals surface area contributed by atoms with Crippen molar-refractivity contribution in [2.45, 2.75) is 104 Å². The number of hydrogen-bond acceptors (Lipinski definition) is 6. The summed E-state index contributed by atoms with van der Waals surface area (Å²) < 4.78 is 5.77. The molecule has 53 heavy (non-hydrogen) atoms. The van der Waals surface area contributed by atoms with Crippen molar-refractivity contribution in [3.05, 3.63) is 89.0 Å². The van der Waals surface area contributed by atoms with E-state index >= 15 is 0 Å². The first kappa shape index (κ1) is 39.7. The molecule has 0 radical (unpaired) electrons. The average Bonchev–Trinajstić information content (AvgIpc) is 3.15. The molecule has 2 saturated heterocycles. The van der Waals surface area contributed by atoms with Crippen LogP contribution < -0.4 is 25.2 Å². The largest absolute Gasteiger partial charge is 0.493 e. The topological polar surface area (TPSA) is 111 Å². The molecule has 2 heterocycles. The Morgan fingerprint density at radius 2 is 1.13 bits per heavy atom. The zero-order chi connectivity index (χ0) is 37.9. The second kappa shape index (κ2) is 19.0. The highest BCUT2D eigenvalue weighted by Crippen LogP contribution is 2.36. The van der Waals surface area contributed by atoms with Crippen LogP contribution in [0.5, 0.6) is 5.75 Å². The fourth-order valence-electron chi connectivity index (χ4n) is 7.98. The van der Waals surface area contributed by atoms with Gasteiger partial charge in [-0.15, -0.1) is 0 Å². The highest BCUT2D eigenvalue weighted by molar-refractivity contribution is 6.06. The molecule has 0 saturated carbocycles. The quantitative estimate of drug-likeness (QED) is 0.127. The number of para-hydroxylation sites is 2. The number of piperidine rings is 2. The van der Waals surface area contributed by atoms with Crippen LogP contribution in [0.25, 0.3) is 0 Å². The van der Waals surface area contributed by atoms with Crippen LogP contribution in [0.4, 0.5) is 11.4 Å². The zero-order valence-electron chi connectivity index (χ0n) is 32.4. The van der Waals surface area contributed by atoms with E-state index in [0.29, 0.717) is 18.4 Å². The molecule has 5 rings (SSSR count). The molecular formula is C44H60N4O5. The van der Waals surface area contributed by atoms with Gasteiger partial charge in [0.05, 0.1) is 18.7 Å². The van der Waals surface area contributed by atoms with Crippen molar-refractivity contribution in [3.8, 4) is 5.75 Å². The van der Waals surface area contributed by atoms with Gasteiger partial charge in [0.25, 0.3) is 0 Å². The SMILES string of the molecule is CCOc1cc(C(C(=O)NC(CC(C)C)c2ccccc2N2CCCCC2)C(=O)N[C@H](CC(C)C)c2ccccc2N2CCCCC2)ccc1C(=O)O. The molecule has 0 spiro atoms. The zero-order valence-corrected chi connectivity index (χ0v) is 32.4. The summed E-state index contributed by atoms with van der Waals surface area (Å²) in [5.74, 6) is -2.59. The molecule has 3 atom stereocenters. The predicted molar refractivity (Wildman–Crippen MR) is 213 cm³/mol. The monoisotopic (exact) mass is 724 g/mol. The highest BCUT2D eigenvalue weighted by Gasteiger charge is 2.35. The normalized spacial score (nSPS) is 16.6. The Labute approximate surface area is 316 Å². The van der Waals surface area contributed by atoms with Crippen LogP contribution in [0.2, 0.25) is 0 Å². The Morgan fingerprint density at radius 1 is 0.679 bits per heavy atom. The van der Waals surface area contributed by atoms with Gasteiger partial charge in [0.1, 0.15) is 17.2 Å². The number of carbonyl (C=O) groups is 3. The minimum absolute atomic E-state index is 0.0172. The Bertz CT molecular complexity index is 1590. The lowest BCUT2D eigenvalue weighted by molar-refractivity contribution is -0.132. The fourth-order valence-corrected chi connectivity index (χ4v) is 7.98. The van der Waals surface area contributed by atoms with E-state index < -0.39 is 23.7 Å². The van der Waals surface area contributed by atoms with E-state index in [9.17, 15) is 19.5 Å². The molecule has 2 aliphatic rings. The Hall–Kier alpha value is -4.53. The fraction of sp³-hybridized carbons (Fsp3) is 0.523. The summed E-state index contributed by atoms with van der Waals surface area (Å²) in [7, 11) is 0. The summed E-state index contributed by atoms with van der Waals surface area (Å²) in [5.41, 5.74) is 4.69. The van der Waals surface area contributed by atoms with Gasteiger partial charge in [-0.25, -0.2) is 4.79 Å². The number of carboxylic acid groups (broad SMARTS) is 1. The number of nitrogens with one attached hydrogen (secondary N) is 2. The maximum Gasteiger partial charge on any atom is 0.339 e. The summed E-state index contributed by atoms with van der Waals surface area (Å²) in [6.07, 6.45) is 8.32. The lowest BCUT2D eigenvalue weighted by Crippen LogP contribution is -2.43. The van der Waals surface area contributed by atoms with Gasteiger partial charge in [0.2, 0.25) is 11.8 Å². The molecule has 286 valence electrons. The van der Waals surface area contributed by atoms with Crippen molar-refractivity contribution in [1.82, 2.24) is 10.6 Å². The average molecular weight is 725 g/mol. The number of nitrogens with zero attached hydrogens (tertiary/aromatic N) is 2. The summed E-state index contributed by atoms with van der Waals surface area (Å²) in [6.45, 7) is 14.5. The van der Waals surface area contributed by atoms with E-state index in [-0.39, 0.29) is 41.8 Å². The maximum atomic E-state index is 14.8. The summed E-state index contributed by atoms with van der Waals surface area (Å²) in [6, 6.07) is 20.5. The van der Waals surface area contributed by atoms with Crippen LogP contribution in [0, 0.1) is 11.8 Å². The molecule has 2 aliphatic heterocycles. The number of rotatable bonds is 16. The number of ether oxygens (including phenoxy) is 1. The second-order valence-electron chi connectivity index (χ2n) is 15.5. The van der Waals surface area contributed by atoms with Gasteiger partial charge in [-0.1, -0.05) is 70.2 Å². The standard InChI is InChI=1S/C44H60N4O5/c1-6-53-40-29-32(21-22-35(40)44(51)52)41(42(49)45-36(27-30(2)3)33-17-9-11-19-38(33)47-23-13-7-14-24-47)43(50)46-37(28-31(4)5)34-18-10-12-20-39(34)48-25-15-8-16-26-48/h9-12,17-22,29-31,36-37,41H,6-8,13-16,23-28H2,1-5H3,(H,45,49)(H,46,50)(H,51,52)/t36-,37?,41?/m1/s1. The summed E-state index contributed by atoms with van der Waals surface area (Å²) in [4.78, 5) is 46.6. The minimum Gasteiger partial charge on any atom is -0.493 e. The molecule has 3 N–H and O–H groups in total. The first-order valence-electron chi connectivity index (χ1n) is 19.9. The molecule has 9 heteroatoms. The molecule has 2 unspecified atom stereocenters. The Kier molecular flexibility index (Phi) is 14.2. The van der Waals surface area contributed by atoms with Crippen molar-refractivity contribution in [1.29, 1.82) is 0 Å². The van der Waals surface area contributed by atoms with Crippen molar-refractivity contribution < 1.29 is 24.2 Å². The number of aromatic carboxylic acids is 1. The van der Waals surface area contributed by atoms with Crippen LogP contribution in [-0.4, -0.2) is 55.7 Å².